The van der Waals surface area contributed by atoms with Crippen molar-refractivity contribution in [2.75, 3.05) is 17.7 Å². The Kier molecular flexibility index (Phi) is 7.24. The van der Waals surface area contributed by atoms with Crippen molar-refractivity contribution < 1.29 is 14.3 Å². The molecule has 0 fully saturated rings. The van der Waals surface area contributed by atoms with Gasteiger partial charge in [-0.25, -0.2) is 0 Å². The van der Waals surface area contributed by atoms with Crippen LogP contribution in [-0.4, -0.2) is 24.2 Å². The SMILES string of the molecule is O=C(COC(=O)CSc1ccccc1)Nc1cc(Cl)c(Cl)cc1Cl. The van der Waals surface area contributed by atoms with Crippen molar-refractivity contribution in [3.8, 4) is 0 Å². The molecule has 1 amide bonds. The van der Waals surface area contributed by atoms with Gasteiger partial charge in [-0.05, 0) is 24.3 Å². The van der Waals surface area contributed by atoms with Crippen LogP contribution < -0.4 is 5.32 Å². The third-order valence-corrected chi connectivity index (χ3v) is 4.77. The summed E-state index contributed by atoms with van der Waals surface area (Å²) in [5.41, 5.74) is 0.297. The van der Waals surface area contributed by atoms with Crippen molar-refractivity contribution in [1.29, 1.82) is 0 Å². The van der Waals surface area contributed by atoms with E-state index in [0.717, 1.165) is 4.90 Å². The zero-order valence-corrected chi connectivity index (χ0v) is 15.3. The van der Waals surface area contributed by atoms with Crippen molar-refractivity contribution in [2.24, 2.45) is 0 Å². The minimum absolute atomic E-state index is 0.116. The van der Waals surface area contributed by atoms with Crippen LogP contribution in [0.15, 0.2) is 47.4 Å². The largest absolute Gasteiger partial charge is 0.455 e. The maximum Gasteiger partial charge on any atom is 0.316 e. The molecule has 4 nitrogen and oxygen atoms in total. The maximum atomic E-state index is 11.8. The van der Waals surface area contributed by atoms with Crippen molar-refractivity contribution in [3.63, 3.8) is 0 Å². The molecule has 0 radical (unpaired) electrons. The first kappa shape index (κ1) is 18.9. The van der Waals surface area contributed by atoms with Gasteiger partial charge in [0.15, 0.2) is 6.61 Å². The average Bonchev–Trinajstić information content (AvgIpc) is 2.57. The lowest BCUT2D eigenvalue weighted by Crippen LogP contribution is -2.21. The van der Waals surface area contributed by atoms with Crippen molar-refractivity contribution in [1.82, 2.24) is 0 Å². The second-order valence-electron chi connectivity index (χ2n) is 4.56. The second-order valence-corrected chi connectivity index (χ2v) is 6.83. The van der Waals surface area contributed by atoms with E-state index in [0.29, 0.717) is 5.69 Å². The van der Waals surface area contributed by atoms with Gasteiger partial charge in [0.2, 0.25) is 0 Å². The summed E-state index contributed by atoms with van der Waals surface area (Å²) in [6.07, 6.45) is 0. The lowest BCUT2D eigenvalue weighted by atomic mass is 10.3. The Hall–Kier alpha value is -1.40. The molecule has 126 valence electrons. The third-order valence-electron chi connectivity index (χ3n) is 2.75. The number of rotatable bonds is 6. The molecule has 2 rings (SSSR count). The maximum absolute atomic E-state index is 11.8. The number of nitrogens with one attached hydrogen (secondary N) is 1. The lowest BCUT2D eigenvalue weighted by molar-refractivity contribution is -0.144. The van der Waals surface area contributed by atoms with Crippen LogP contribution in [0.1, 0.15) is 0 Å². The molecule has 0 aliphatic rings. The molecule has 0 unspecified atom stereocenters. The fourth-order valence-electron chi connectivity index (χ4n) is 1.65. The van der Waals surface area contributed by atoms with Crippen molar-refractivity contribution in [3.05, 3.63) is 57.5 Å². The Bertz CT molecular complexity index is 741. The van der Waals surface area contributed by atoms with E-state index in [1.54, 1.807) is 0 Å². The fraction of sp³-hybridized carbons (Fsp3) is 0.125. The average molecular weight is 405 g/mol. The summed E-state index contributed by atoms with van der Waals surface area (Å²) in [5, 5.41) is 3.29. The molecule has 2 aromatic carbocycles. The van der Waals surface area contributed by atoms with Gasteiger partial charge in [-0.1, -0.05) is 53.0 Å². The fourth-order valence-corrected chi connectivity index (χ4v) is 2.96. The van der Waals surface area contributed by atoms with Crippen LogP contribution in [-0.2, 0) is 14.3 Å². The number of benzene rings is 2. The zero-order valence-electron chi connectivity index (χ0n) is 12.2. The molecule has 0 saturated heterocycles. The van der Waals surface area contributed by atoms with E-state index in [9.17, 15) is 9.59 Å². The number of halogens is 3. The molecular formula is C16H12Cl3NO3S. The summed E-state index contributed by atoms with van der Waals surface area (Å²) < 4.78 is 4.92. The molecule has 0 spiro atoms. The molecule has 0 bridgehead atoms. The molecule has 8 heteroatoms. The normalized spacial score (nSPS) is 10.3. The van der Waals surface area contributed by atoms with E-state index in [2.05, 4.69) is 5.32 Å². The predicted molar refractivity (Wildman–Crippen MR) is 98.2 cm³/mol. The standard InChI is InChI=1S/C16H12Cl3NO3S/c17-11-6-13(19)14(7-12(11)18)20-15(21)8-23-16(22)9-24-10-4-2-1-3-5-10/h1-7H,8-9H2,(H,20,21). The molecule has 0 aromatic heterocycles. The van der Waals surface area contributed by atoms with E-state index in [-0.39, 0.29) is 20.8 Å². The number of ether oxygens (including phenoxy) is 1. The number of amides is 1. The van der Waals surface area contributed by atoms with Crippen LogP contribution in [0.25, 0.3) is 0 Å². The molecule has 1 N–H and O–H groups in total. The second kappa shape index (κ2) is 9.18. The highest BCUT2D eigenvalue weighted by molar-refractivity contribution is 8.00. The van der Waals surface area contributed by atoms with Gasteiger partial charge in [0.25, 0.3) is 5.91 Å². The number of esters is 1. The molecule has 0 saturated carbocycles. The summed E-state index contributed by atoms with van der Waals surface area (Å²) >= 11 is 19.0. The van der Waals surface area contributed by atoms with Crippen LogP contribution in [0.2, 0.25) is 15.1 Å². The van der Waals surface area contributed by atoms with Gasteiger partial charge < -0.3 is 10.1 Å². The van der Waals surface area contributed by atoms with E-state index in [4.69, 9.17) is 39.5 Å². The lowest BCUT2D eigenvalue weighted by Gasteiger charge is -2.09. The van der Waals surface area contributed by atoms with Crippen LogP contribution in [0.4, 0.5) is 5.69 Å². The quantitative estimate of drug-likeness (QED) is 0.422. The summed E-state index contributed by atoms with van der Waals surface area (Å²) in [7, 11) is 0. The van der Waals surface area contributed by atoms with Gasteiger partial charge in [-0.3, -0.25) is 9.59 Å². The van der Waals surface area contributed by atoms with Gasteiger partial charge in [0.05, 0.1) is 26.5 Å². The smallest absolute Gasteiger partial charge is 0.316 e. The highest BCUT2D eigenvalue weighted by Crippen LogP contribution is 2.32. The van der Waals surface area contributed by atoms with Gasteiger partial charge in [0.1, 0.15) is 0 Å². The topological polar surface area (TPSA) is 55.4 Å². The minimum atomic E-state index is -0.520. The summed E-state index contributed by atoms with van der Waals surface area (Å²) in [6, 6.07) is 12.3. The van der Waals surface area contributed by atoms with E-state index >= 15 is 0 Å². The summed E-state index contributed by atoms with van der Waals surface area (Å²) in [6.45, 7) is -0.412. The van der Waals surface area contributed by atoms with Gasteiger partial charge in [-0.15, -0.1) is 11.8 Å². The van der Waals surface area contributed by atoms with Crippen molar-refractivity contribution in [2.45, 2.75) is 4.90 Å². The number of thioether (sulfide) groups is 1. The van der Waals surface area contributed by atoms with Crippen LogP contribution in [0.3, 0.4) is 0 Å². The van der Waals surface area contributed by atoms with Crippen LogP contribution in [0, 0.1) is 0 Å². The molecule has 0 aliphatic heterocycles. The van der Waals surface area contributed by atoms with Crippen LogP contribution >= 0.6 is 46.6 Å². The van der Waals surface area contributed by atoms with Crippen molar-refractivity contribution >= 4 is 64.1 Å². The van der Waals surface area contributed by atoms with E-state index in [1.807, 2.05) is 30.3 Å². The van der Waals surface area contributed by atoms with E-state index < -0.39 is 18.5 Å². The first-order valence-electron chi connectivity index (χ1n) is 6.73. The molecule has 0 aliphatic carbocycles. The predicted octanol–water partition coefficient (Wildman–Crippen LogP) is 4.92. The highest BCUT2D eigenvalue weighted by atomic mass is 35.5. The number of hydrogen-bond acceptors (Lipinski definition) is 4. The minimum Gasteiger partial charge on any atom is -0.455 e. The van der Waals surface area contributed by atoms with Gasteiger partial charge in [-0.2, -0.15) is 0 Å². The molecule has 2 aromatic rings. The Morgan fingerprint density at radius 3 is 2.38 bits per heavy atom. The first-order chi connectivity index (χ1) is 11.5. The number of carbonyl (C=O) groups excluding carboxylic acids is 2. The molecular weight excluding hydrogens is 393 g/mol. The number of anilines is 1. The number of carbonyl (C=O) groups is 2. The van der Waals surface area contributed by atoms with E-state index in [1.165, 1.54) is 23.9 Å². The Morgan fingerprint density at radius 1 is 1.00 bits per heavy atom. The highest BCUT2D eigenvalue weighted by Gasteiger charge is 2.12. The third kappa shape index (κ3) is 5.91. The zero-order chi connectivity index (χ0) is 17.5. The molecule has 0 heterocycles. The number of hydrogen-bond donors (Lipinski definition) is 1. The van der Waals surface area contributed by atoms with Gasteiger partial charge in [0, 0.05) is 4.90 Å². The summed E-state index contributed by atoms with van der Waals surface area (Å²) in [4.78, 5) is 24.4. The van der Waals surface area contributed by atoms with Crippen LogP contribution in [0.5, 0.6) is 0 Å². The Morgan fingerprint density at radius 2 is 1.67 bits per heavy atom. The monoisotopic (exact) mass is 403 g/mol. The Balaban J connectivity index is 1.78. The molecule has 24 heavy (non-hydrogen) atoms. The summed E-state index contributed by atoms with van der Waals surface area (Å²) in [5.74, 6) is -0.891. The van der Waals surface area contributed by atoms with Gasteiger partial charge >= 0.3 is 5.97 Å². The first-order valence-corrected chi connectivity index (χ1v) is 8.85. The molecule has 0 atom stereocenters. The Labute approximate surface area is 158 Å².